The molecule has 1 aliphatic carbocycles. The summed E-state index contributed by atoms with van der Waals surface area (Å²) in [4.78, 5) is 0. The molecule has 4 nitrogen and oxygen atoms in total. The summed E-state index contributed by atoms with van der Waals surface area (Å²) < 4.78 is 30.2. The van der Waals surface area contributed by atoms with Crippen LogP contribution in [0.2, 0.25) is 0 Å². The van der Waals surface area contributed by atoms with Gasteiger partial charge in [-0.3, -0.25) is 0 Å². The quantitative estimate of drug-likeness (QED) is 0.519. The molecule has 0 amide bonds. The maximum Gasteiger partial charge on any atom is 0.211 e. The van der Waals surface area contributed by atoms with Crippen LogP contribution in [0.25, 0.3) is 0 Å². The van der Waals surface area contributed by atoms with E-state index in [-0.39, 0.29) is 11.1 Å². The average molecular weight is 256 g/mol. The Hall–Kier alpha value is 0.160. The molecule has 0 aromatic rings. The Labute approximate surface area is 96.4 Å². The van der Waals surface area contributed by atoms with E-state index in [0.717, 1.165) is 12.8 Å². The lowest BCUT2D eigenvalue weighted by Gasteiger charge is -2.10. The number of hydrogen-bond donors (Lipinski definition) is 1. The normalized spacial score (nSPS) is 19.1. The van der Waals surface area contributed by atoms with Crippen LogP contribution in [0, 0.1) is 5.92 Å². The second-order valence-electron chi connectivity index (χ2n) is 3.87. The molecule has 1 fully saturated rings. The molecule has 0 spiro atoms. The zero-order chi connectivity index (χ0) is 11.3. The molecule has 0 aromatic carbocycles. The molecule has 1 saturated carbocycles. The monoisotopic (exact) mass is 255 g/mol. The van der Waals surface area contributed by atoms with Crippen LogP contribution in [-0.4, -0.2) is 39.8 Å². The van der Waals surface area contributed by atoms with Gasteiger partial charge in [0.05, 0.1) is 5.75 Å². The van der Waals surface area contributed by atoms with Gasteiger partial charge in [0, 0.05) is 25.6 Å². The van der Waals surface area contributed by atoms with E-state index >= 15 is 0 Å². The molecule has 0 aliphatic heterocycles. The Bertz CT molecular complexity index is 277. The zero-order valence-corrected chi connectivity index (χ0v) is 10.5. The van der Waals surface area contributed by atoms with Crippen LogP contribution in [0.5, 0.6) is 0 Å². The number of alkyl halides is 1. The molecule has 0 aromatic heterocycles. The van der Waals surface area contributed by atoms with Gasteiger partial charge in [0.15, 0.2) is 0 Å². The van der Waals surface area contributed by atoms with Crippen molar-refractivity contribution in [3.8, 4) is 0 Å². The molecule has 1 aliphatic rings. The molecule has 90 valence electrons. The fourth-order valence-electron chi connectivity index (χ4n) is 1.30. The molecular weight excluding hydrogens is 238 g/mol. The highest BCUT2D eigenvalue weighted by Gasteiger charge is 2.30. The minimum Gasteiger partial charge on any atom is -0.385 e. The van der Waals surface area contributed by atoms with Crippen molar-refractivity contribution in [3.63, 3.8) is 0 Å². The summed E-state index contributed by atoms with van der Waals surface area (Å²) in [6.45, 7) is 0.815. The van der Waals surface area contributed by atoms with Crippen molar-refractivity contribution in [2.75, 3.05) is 26.0 Å². The first-order valence-corrected chi connectivity index (χ1v) is 7.24. The number of ether oxygens (including phenoxy) is 1. The van der Waals surface area contributed by atoms with Crippen LogP contribution in [0.1, 0.15) is 19.3 Å². The van der Waals surface area contributed by atoms with Gasteiger partial charge in [-0.1, -0.05) is 0 Å². The summed E-state index contributed by atoms with van der Waals surface area (Å²) in [7, 11) is -1.61. The van der Waals surface area contributed by atoms with Crippen LogP contribution < -0.4 is 4.72 Å². The SMILES string of the molecule is COCCCS(=O)(=O)NCC(Cl)C1CC1. The predicted octanol–water partition coefficient (Wildman–Crippen LogP) is 0.960. The lowest BCUT2D eigenvalue weighted by Crippen LogP contribution is -2.32. The molecule has 1 unspecified atom stereocenters. The van der Waals surface area contributed by atoms with Gasteiger partial charge in [0.2, 0.25) is 10.0 Å². The summed E-state index contributed by atoms with van der Waals surface area (Å²) in [6, 6.07) is 0. The first kappa shape index (κ1) is 13.2. The highest BCUT2D eigenvalue weighted by Crippen LogP contribution is 2.35. The molecule has 0 radical (unpaired) electrons. The second kappa shape index (κ2) is 6.03. The van der Waals surface area contributed by atoms with Crippen molar-refractivity contribution >= 4 is 21.6 Å². The minimum atomic E-state index is -3.17. The number of rotatable bonds is 8. The number of sulfonamides is 1. The third-order valence-corrected chi connectivity index (χ3v) is 4.34. The van der Waals surface area contributed by atoms with E-state index in [2.05, 4.69) is 4.72 Å². The number of halogens is 1. The van der Waals surface area contributed by atoms with Gasteiger partial charge in [-0.15, -0.1) is 11.6 Å². The van der Waals surface area contributed by atoms with Crippen molar-refractivity contribution in [3.05, 3.63) is 0 Å². The zero-order valence-electron chi connectivity index (χ0n) is 8.91. The van der Waals surface area contributed by atoms with Crippen LogP contribution >= 0.6 is 11.6 Å². The molecule has 15 heavy (non-hydrogen) atoms. The van der Waals surface area contributed by atoms with Crippen LogP contribution in [0.3, 0.4) is 0 Å². The summed E-state index contributed by atoms with van der Waals surface area (Å²) in [6.07, 6.45) is 2.77. The maximum atomic E-state index is 11.4. The van der Waals surface area contributed by atoms with Gasteiger partial charge in [-0.05, 0) is 25.2 Å². The molecular formula is C9H18ClNO3S. The topological polar surface area (TPSA) is 55.4 Å². The Balaban J connectivity index is 2.16. The van der Waals surface area contributed by atoms with E-state index in [1.807, 2.05) is 0 Å². The van der Waals surface area contributed by atoms with Crippen molar-refractivity contribution in [1.29, 1.82) is 0 Å². The average Bonchev–Trinajstić information content (AvgIpc) is 2.98. The second-order valence-corrected chi connectivity index (χ2v) is 6.35. The van der Waals surface area contributed by atoms with E-state index in [4.69, 9.17) is 16.3 Å². The van der Waals surface area contributed by atoms with E-state index in [0.29, 0.717) is 25.5 Å². The molecule has 1 N–H and O–H groups in total. The van der Waals surface area contributed by atoms with E-state index in [9.17, 15) is 8.42 Å². The third kappa shape index (κ3) is 5.70. The fraction of sp³-hybridized carbons (Fsp3) is 1.00. The Morgan fingerprint density at radius 3 is 2.73 bits per heavy atom. The maximum absolute atomic E-state index is 11.4. The van der Waals surface area contributed by atoms with Crippen molar-refractivity contribution in [2.45, 2.75) is 24.6 Å². The van der Waals surface area contributed by atoms with Crippen molar-refractivity contribution in [1.82, 2.24) is 4.72 Å². The molecule has 6 heteroatoms. The standard InChI is InChI=1S/C9H18ClNO3S/c1-14-5-2-6-15(12,13)11-7-9(10)8-3-4-8/h8-9,11H,2-7H2,1H3. The first-order chi connectivity index (χ1) is 7.05. The van der Waals surface area contributed by atoms with Gasteiger partial charge in [-0.2, -0.15) is 0 Å². The first-order valence-electron chi connectivity index (χ1n) is 5.15. The third-order valence-electron chi connectivity index (χ3n) is 2.39. The summed E-state index contributed by atoms with van der Waals surface area (Å²) in [5.74, 6) is 0.614. The number of nitrogens with one attached hydrogen (secondary N) is 1. The molecule has 0 heterocycles. The van der Waals surface area contributed by atoms with Crippen molar-refractivity contribution < 1.29 is 13.2 Å². The Morgan fingerprint density at radius 1 is 1.53 bits per heavy atom. The van der Waals surface area contributed by atoms with E-state index in [1.54, 1.807) is 7.11 Å². The lowest BCUT2D eigenvalue weighted by molar-refractivity contribution is 0.199. The number of methoxy groups -OCH3 is 1. The largest absolute Gasteiger partial charge is 0.385 e. The van der Waals surface area contributed by atoms with Gasteiger partial charge in [0.1, 0.15) is 0 Å². The highest BCUT2D eigenvalue weighted by molar-refractivity contribution is 7.89. The van der Waals surface area contributed by atoms with Gasteiger partial charge in [-0.25, -0.2) is 13.1 Å². The van der Waals surface area contributed by atoms with Crippen molar-refractivity contribution in [2.24, 2.45) is 5.92 Å². The summed E-state index contributed by atoms with van der Waals surface area (Å²) in [5.41, 5.74) is 0. The molecule has 1 atom stereocenters. The minimum absolute atomic E-state index is 0.0535. The van der Waals surface area contributed by atoms with Gasteiger partial charge < -0.3 is 4.74 Å². The fourth-order valence-corrected chi connectivity index (χ4v) is 2.79. The van der Waals surface area contributed by atoms with E-state index in [1.165, 1.54) is 0 Å². The predicted molar refractivity (Wildman–Crippen MR) is 60.6 cm³/mol. The Morgan fingerprint density at radius 2 is 2.20 bits per heavy atom. The van der Waals surface area contributed by atoms with Crippen LogP contribution in [0.4, 0.5) is 0 Å². The van der Waals surface area contributed by atoms with E-state index < -0.39 is 10.0 Å². The van der Waals surface area contributed by atoms with Crippen LogP contribution in [-0.2, 0) is 14.8 Å². The lowest BCUT2D eigenvalue weighted by atomic mass is 10.3. The highest BCUT2D eigenvalue weighted by atomic mass is 35.5. The molecule has 1 rings (SSSR count). The van der Waals surface area contributed by atoms with Crippen LogP contribution in [0.15, 0.2) is 0 Å². The molecule has 0 saturated heterocycles. The smallest absolute Gasteiger partial charge is 0.211 e. The van der Waals surface area contributed by atoms with Gasteiger partial charge in [0.25, 0.3) is 0 Å². The van der Waals surface area contributed by atoms with Gasteiger partial charge >= 0.3 is 0 Å². The summed E-state index contributed by atoms with van der Waals surface area (Å²) >= 11 is 5.99. The number of hydrogen-bond acceptors (Lipinski definition) is 3. The Kier molecular flexibility index (Phi) is 5.32. The molecule has 0 bridgehead atoms. The summed E-state index contributed by atoms with van der Waals surface area (Å²) in [5, 5.41) is -0.0535.